The number of hydrogen-bond donors (Lipinski definition) is 2. The Morgan fingerprint density at radius 1 is 0.526 bits per heavy atom. The van der Waals surface area contributed by atoms with E-state index in [0.717, 1.165) is 0 Å². The summed E-state index contributed by atoms with van der Waals surface area (Å²) in [5, 5.41) is 20.1. The highest BCUT2D eigenvalue weighted by Crippen LogP contribution is 2.26. The summed E-state index contributed by atoms with van der Waals surface area (Å²) >= 11 is 0. The van der Waals surface area contributed by atoms with Crippen LogP contribution >= 0.6 is 0 Å². The first-order valence-electron chi connectivity index (χ1n) is 14.5. The van der Waals surface area contributed by atoms with Crippen molar-refractivity contribution < 1.29 is 19.8 Å². The molecule has 4 heteroatoms. The number of fused-ring (bicyclic) bond motifs is 1. The van der Waals surface area contributed by atoms with Crippen LogP contribution in [0.2, 0.25) is 0 Å². The first-order valence-corrected chi connectivity index (χ1v) is 14.5. The number of aromatic carboxylic acids is 2. The fourth-order valence-corrected chi connectivity index (χ4v) is 4.97. The fraction of sp³-hybridized carbons (Fsp3) is 0.471. The van der Waals surface area contributed by atoms with Gasteiger partial charge in [-0.25, -0.2) is 9.59 Å². The second-order valence-corrected chi connectivity index (χ2v) is 10.1. The SMILES string of the molecule is CCCCCCCCc1cccc2cccc(CCCCCCCC)c12.O=C(O)c1ccccc1C(=O)O. The Hall–Kier alpha value is -3.14. The molecule has 0 bridgehead atoms. The highest BCUT2D eigenvalue weighted by atomic mass is 16.4. The van der Waals surface area contributed by atoms with Gasteiger partial charge in [0.05, 0.1) is 11.1 Å². The molecular weight excluding hydrogens is 472 g/mol. The van der Waals surface area contributed by atoms with E-state index in [1.165, 1.54) is 120 Å². The molecule has 38 heavy (non-hydrogen) atoms. The van der Waals surface area contributed by atoms with E-state index in [1.54, 1.807) is 16.5 Å². The maximum Gasteiger partial charge on any atom is 0.336 e. The Labute approximate surface area is 229 Å². The topological polar surface area (TPSA) is 74.6 Å². The number of carbonyl (C=O) groups is 2. The van der Waals surface area contributed by atoms with Crippen LogP contribution in [-0.2, 0) is 12.8 Å². The highest BCUT2D eigenvalue weighted by Gasteiger charge is 2.13. The van der Waals surface area contributed by atoms with Crippen LogP contribution in [0, 0.1) is 0 Å². The molecule has 0 aliphatic heterocycles. The van der Waals surface area contributed by atoms with Gasteiger partial charge in [0.2, 0.25) is 0 Å². The first-order chi connectivity index (χ1) is 18.5. The van der Waals surface area contributed by atoms with Crippen molar-refractivity contribution in [2.45, 2.75) is 104 Å². The van der Waals surface area contributed by atoms with Crippen LogP contribution in [0.1, 0.15) is 123 Å². The zero-order valence-electron chi connectivity index (χ0n) is 23.4. The Morgan fingerprint density at radius 3 is 1.32 bits per heavy atom. The maximum absolute atomic E-state index is 10.5. The van der Waals surface area contributed by atoms with E-state index in [9.17, 15) is 9.59 Å². The van der Waals surface area contributed by atoms with Gasteiger partial charge in [0, 0.05) is 0 Å². The summed E-state index contributed by atoms with van der Waals surface area (Å²) < 4.78 is 0. The fourth-order valence-electron chi connectivity index (χ4n) is 4.97. The van der Waals surface area contributed by atoms with Gasteiger partial charge in [-0.15, -0.1) is 0 Å². The quantitative estimate of drug-likeness (QED) is 0.185. The normalized spacial score (nSPS) is 10.7. The van der Waals surface area contributed by atoms with E-state index in [1.807, 2.05) is 0 Å². The Morgan fingerprint density at radius 2 is 0.921 bits per heavy atom. The average Bonchev–Trinajstić information content (AvgIpc) is 2.93. The van der Waals surface area contributed by atoms with Gasteiger partial charge in [0.15, 0.2) is 0 Å². The van der Waals surface area contributed by atoms with Crippen molar-refractivity contribution in [1.82, 2.24) is 0 Å². The van der Waals surface area contributed by atoms with Gasteiger partial charge < -0.3 is 10.2 Å². The predicted octanol–water partition coefficient (Wildman–Crippen LogP) is 9.73. The number of aryl methyl sites for hydroxylation is 2. The summed E-state index contributed by atoms with van der Waals surface area (Å²) in [5.41, 5.74) is 2.79. The summed E-state index contributed by atoms with van der Waals surface area (Å²) in [6, 6.07) is 19.3. The van der Waals surface area contributed by atoms with Crippen molar-refractivity contribution in [3.05, 3.63) is 82.9 Å². The summed E-state index contributed by atoms with van der Waals surface area (Å²) in [7, 11) is 0. The van der Waals surface area contributed by atoms with Crippen LogP contribution in [0.15, 0.2) is 60.7 Å². The molecule has 0 spiro atoms. The third-order valence-electron chi connectivity index (χ3n) is 7.06. The van der Waals surface area contributed by atoms with Crippen LogP contribution in [0.4, 0.5) is 0 Å². The largest absolute Gasteiger partial charge is 0.478 e. The molecule has 0 saturated carbocycles. The molecule has 0 unspecified atom stereocenters. The Balaban J connectivity index is 0.000000352. The second kappa shape index (κ2) is 18.2. The molecule has 3 aromatic rings. The highest BCUT2D eigenvalue weighted by molar-refractivity contribution is 6.01. The number of rotatable bonds is 16. The van der Waals surface area contributed by atoms with Crippen LogP contribution in [0.5, 0.6) is 0 Å². The van der Waals surface area contributed by atoms with E-state index >= 15 is 0 Å². The zero-order valence-corrected chi connectivity index (χ0v) is 23.4. The Kier molecular flexibility index (Phi) is 14.9. The lowest BCUT2D eigenvalue weighted by molar-refractivity contribution is 0.0651. The molecule has 0 amide bonds. The van der Waals surface area contributed by atoms with Gasteiger partial charge in [-0.3, -0.25) is 0 Å². The summed E-state index contributed by atoms with van der Waals surface area (Å²) in [4.78, 5) is 20.9. The van der Waals surface area contributed by atoms with Crippen molar-refractivity contribution in [2.24, 2.45) is 0 Å². The lowest BCUT2D eigenvalue weighted by Crippen LogP contribution is -2.06. The van der Waals surface area contributed by atoms with Crippen LogP contribution in [-0.4, -0.2) is 22.2 Å². The van der Waals surface area contributed by atoms with Crippen molar-refractivity contribution in [1.29, 1.82) is 0 Å². The van der Waals surface area contributed by atoms with Gasteiger partial charge in [-0.2, -0.15) is 0 Å². The molecule has 0 atom stereocenters. The summed E-state index contributed by atoms with van der Waals surface area (Å²) in [6.45, 7) is 4.59. The zero-order chi connectivity index (χ0) is 27.6. The van der Waals surface area contributed by atoms with Crippen molar-refractivity contribution in [3.63, 3.8) is 0 Å². The number of carboxylic acid groups (broad SMARTS) is 2. The monoisotopic (exact) mass is 518 g/mol. The van der Waals surface area contributed by atoms with E-state index in [0.29, 0.717) is 0 Å². The van der Waals surface area contributed by atoms with E-state index in [4.69, 9.17) is 10.2 Å². The van der Waals surface area contributed by atoms with Gasteiger partial charge in [-0.1, -0.05) is 127 Å². The molecule has 0 heterocycles. The molecule has 0 aliphatic carbocycles. The summed E-state index contributed by atoms with van der Waals surface area (Å²) in [6.07, 6.45) is 19.1. The first kappa shape index (κ1) is 31.1. The molecule has 4 nitrogen and oxygen atoms in total. The second-order valence-electron chi connectivity index (χ2n) is 10.1. The minimum Gasteiger partial charge on any atom is -0.478 e. The van der Waals surface area contributed by atoms with Gasteiger partial charge in [0.1, 0.15) is 0 Å². The molecule has 0 radical (unpaired) electrons. The van der Waals surface area contributed by atoms with Crippen molar-refractivity contribution >= 4 is 22.7 Å². The minimum atomic E-state index is -1.23. The predicted molar refractivity (Wildman–Crippen MR) is 158 cm³/mol. The lowest BCUT2D eigenvalue weighted by atomic mass is 9.93. The molecule has 0 aliphatic rings. The molecular formula is C34H46O4. The third-order valence-corrected chi connectivity index (χ3v) is 7.06. The van der Waals surface area contributed by atoms with E-state index in [-0.39, 0.29) is 11.1 Å². The van der Waals surface area contributed by atoms with E-state index in [2.05, 4.69) is 50.2 Å². The number of hydrogen-bond acceptors (Lipinski definition) is 2. The summed E-state index contributed by atoms with van der Waals surface area (Å²) in [5.74, 6) is -2.46. The standard InChI is InChI=1S/C26H40.C8H6O4/c1-3-5-7-9-11-13-17-23-19-15-21-25-22-16-20-24(26(23)25)18-14-12-10-8-6-4-2;9-7(10)5-3-1-2-4-6(5)8(11)12/h15-16,19-22H,3-14,17-18H2,1-2H3;1-4H,(H,9,10)(H,11,12). The molecule has 3 rings (SSSR count). The number of unbranched alkanes of at least 4 members (excludes halogenated alkanes) is 10. The molecule has 3 aromatic carbocycles. The molecule has 0 aromatic heterocycles. The molecule has 0 saturated heterocycles. The van der Waals surface area contributed by atoms with Crippen molar-refractivity contribution in [2.75, 3.05) is 0 Å². The van der Waals surface area contributed by atoms with E-state index < -0.39 is 11.9 Å². The number of carboxylic acids is 2. The van der Waals surface area contributed by atoms with Crippen molar-refractivity contribution in [3.8, 4) is 0 Å². The average molecular weight is 519 g/mol. The molecule has 2 N–H and O–H groups in total. The van der Waals surface area contributed by atoms with Gasteiger partial charge >= 0.3 is 11.9 Å². The van der Waals surface area contributed by atoms with Crippen LogP contribution in [0.25, 0.3) is 10.8 Å². The van der Waals surface area contributed by atoms with Gasteiger partial charge in [-0.05, 0) is 59.7 Å². The smallest absolute Gasteiger partial charge is 0.336 e. The minimum absolute atomic E-state index is 0.190. The lowest BCUT2D eigenvalue weighted by Gasteiger charge is -2.12. The maximum atomic E-state index is 10.5. The Bertz CT molecular complexity index is 1030. The molecule has 0 fully saturated rings. The molecule has 206 valence electrons. The van der Waals surface area contributed by atoms with Crippen LogP contribution < -0.4 is 0 Å². The third kappa shape index (κ3) is 10.7. The van der Waals surface area contributed by atoms with Crippen LogP contribution in [0.3, 0.4) is 0 Å². The number of benzene rings is 3. The van der Waals surface area contributed by atoms with Gasteiger partial charge in [0.25, 0.3) is 0 Å².